The van der Waals surface area contributed by atoms with Crippen LogP contribution in [0.25, 0.3) is 0 Å². The zero-order valence-electron chi connectivity index (χ0n) is 8.72. The van der Waals surface area contributed by atoms with Crippen LogP contribution in [0.3, 0.4) is 0 Å². The van der Waals surface area contributed by atoms with Gasteiger partial charge in [0.2, 0.25) is 0 Å². The molecule has 0 amide bonds. The SMILES string of the molecule is CC1=CC[C@@]2(C)C(=O)OC(=O)[C@@]2(C)C1. The van der Waals surface area contributed by atoms with Crippen molar-refractivity contribution in [3.63, 3.8) is 0 Å². The van der Waals surface area contributed by atoms with Gasteiger partial charge in [-0.2, -0.15) is 0 Å². The van der Waals surface area contributed by atoms with Gasteiger partial charge in [-0.05, 0) is 33.6 Å². The maximum absolute atomic E-state index is 11.6. The van der Waals surface area contributed by atoms with Gasteiger partial charge in [-0.3, -0.25) is 9.59 Å². The quantitative estimate of drug-likeness (QED) is 0.335. The van der Waals surface area contributed by atoms with Crippen molar-refractivity contribution >= 4 is 11.9 Å². The Labute approximate surface area is 83.1 Å². The summed E-state index contributed by atoms with van der Waals surface area (Å²) in [6.07, 6.45) is 3.27. The second kappa shape index (κ2) is 2.47. The van der Waals surface area contributed by atoms with Gasteiger partial charge in [0.25, 0.3) is 0 Å². The second-order valence-electron chi connectivity index (χ2n) is 4.77. The zero-order valence-corrected chi connectivity index (χ0v) is 8.72. The van der Waals surface area contributed by atoms with Crippen LogP contribution in [0, 0.1) is 10.8 Å². The van der Waals surface area contributed by atoms with Gasteiger partial charge in [0.1, 0.15) is 0 Å². The summed E-state index contributed by atoms with van der Waals surface area (Å²) in [5, 5.41) is 0. The van der Waals surface area contributed by atoms with E-state index in [0.29, 0.717) is 12.8 Å². The number of hydrogen-bond acceptors (Lipinski definition) is 3. The molecule has 0 aromatic carbocycles. The summed E-state index contributed by atoms with van der Waals surface area (Å²) in [6.45, 7) is 5.64. The van der Waals surface area contributed by atoms with Crippen molar-refractivity contribution in [2.75, 3.05) is 0 Å². The van der Waals surface area contributed by atoms with Crippen LogP contribution in [0.1, 0.15) is 33.6 Å². The molecular formula is C11H14O3. The predicted molar refractivity (Wildman–Crippen MR) is 50.3 cm³/mol. The van der Waals surface area contributed by atoms with Crippen molar-refractivity contribution in [3.05, 3.63) is 11.6 Å². The van der Waals surface area contributed by atoms with Crippen LogP contribution in [0.15, 0.2) is 11.6 Å². The molecule has 1 aliphatic carbocycles. The van der Waals surface area contributed by atoms with Gasteiger partial charge < -0.3 is 4.74 Å². The lowest BCUT2D eigenvalue weighted by Gasteiger charge is -2.37. The van der Waals surface area contributed by atoms with E-state index in [1.165, 1.54) is 0 Å². The predicted octanol–water partition coefficient (Wildman–Crippen LogP) is 1.82. The first-order chi connectivity index (χ1) is 6.40. The highest BCUT2D eigenvalue weighted by molar-refractivity contribution is 6.01. The summed E-state index contributed by atoms with van der Waals surface area (Å²) >= 11 is 0. The lowest BCUT2D eigenvalue weighted by molar-refractivity contribution is -0.155. The van der Waals surface area contributed by atoms with E-state index in [1.807, 2.05) is 26.8 Å². The Morgan fingerprint density at radius 1 is 1.21 bits per heavy atom. The highest BCUT2D eigenvalue weighted by Crippen LogP contribution is 2.55. The Bertz CT molecular complexity index is 356. The maximum Gasteiger partial charge on any atom is 0.320 e. The number of fused-ring (bicyclic) bond motifs is 1. The van der Waals surface area contributed by atoms with Crippen LogP contribution < -0.4 is 0 Å². The average Bonchev–Trinajstić information content (AvgIpc) is 2.26. The molecule has 0 radical (unpaired) electrons. The third kappa shape index (κ3) is 0.873. The van der Waals surface area contributed by atoms with Crippen molar-refractivity contribution in [2.24, 2.45) is 10.8 Å². The average molecular weight is 194 g/mol. The largest absolute Gasteiger partial charge is 0.392 e. The van der Waals surface area contributed by atoms with Gasteiger partial charge in [0, 0.05) is 0 Å². The van der Waals surface area contributed by atoms with E-state index in [9.17, 15) is 9.59 Å². The molecular weight excluding hydrogens is 180 g/mol. The van der Waals surface area contributed by atoms with E-state index in [-0.39, 0.29) is 11.9 Å². The fraction of sp³-hybridized carbons (Fsp3) is 0.636. The molecule has 1 heterocycles. The molecule has 0 aromatic heterocycles. The minimum absolute atomic E-state index is 0.363. The summed E-state index contributed by atoms with van der Waals surface area (Å²) in [4.78, 5) is 23.2. The normalized spacial score (nSPS) is 41.8. The molecule has 0 N–H and O–H groups in total. The third-order valence-electron chi connectivity index (χ3n) is 3.80. The van der Waals surface area contributed by atoms with Crippen molar-refractivity contribution < 1.29 is 14.3 Å². The topological polar surface area (TPSA) is 43.4 Å². The van der Waals surface area contributed by atoms with Crippen molar-refractivity contribution in [2.45, 2.75) is 33.6 Å². The van der Waals surface area contributed by atoms with Gasteiger partial charge in [0.15, 0.2) is 0 Å². The molecule has 1 fully saturated rings. The summed E-state index contributed by atoms with van der Waals surface area (Å²) in [5.74, 6) is -0.730. The molecule has 3 nitrogen and oxygen atoms in total. The molecule has 0 saturated carbocycles. The minimum Gasteiger partial charge on any atom is -0.392 e. The van der Waals surface area contributed by atoms with Crippen LogP contribution in [-0.4, -0.2) is 11.9 Å². The molecule has 0 aromatic rings. The zero-order chi connectivity index (χ0) is 10.6. The first kappa shape index (κ1) is 9.44. The Hall–Kier alpha value is -1.12. The van der Waals surface area contributed by atoms with Crippen LogP contribution in [-0.2, 0) is 14.3 Å². The van der Waals surface area contributed by atoms with Crippen LogP contribution in [0.5, 0.6) is 0 Å². The molecule has 0 unspecified atom stereocenters. The molecule has 2 atom stereocenters. The van der Waals surface area contributed by atoms with Gasteiger partial charge in [-0.1, -0.05) is 11.6 Å². The second-order valence-corrected chi connectivity index (χ2v) is 4.77. The van der Waals surface area contributed by atoms with Crippen LogP contribution in [0.4, 0.5) is 0 Å². The standard InChI is InChI=1S/C11H14O3/c1-7-4-5-10(2)8(12)14-9(13)11(10,3)6-7/h4H,5-6H2,1-3H3/t10-,11+/m0/s1. The Morgan fingerprint density at radius 2 is 1.79 bits per heavy atom. The number of cyclic esters (lactones) is 2. The Kier molecular flexibility index (Phi) is 1.66. The fourth-order valence-electron chi connectivity index (χ4n) is 2.34. The van der Waals surface area contributed by atoms with Crippen molar-refractivity contribution in [3.8, 4) is 0 Å². The summed E-state index contributed by atoms with van der Waals surface area (Å²) in [7, 11) is 0. The summed E-state index contributed by atoms with van der Waals surface area (Å²) in [5.41, 5.74) is -0.136. The molecule has 2 aliphatic rings. The molecule has 76 valence electrons. The molecule has 2 rings (SSSR count). The number of carbonyl (C=O) groups excluding carboxylic acids is 2. The van der Waals surface area contributed by atoms with Crippen molar-refractivity contribution in [1.29, 1.82) is 0 Å². The summed E-state index contributed by atoms with van der Waals surface area (Å²) < 4.78 is 4.75. The van der Waals surface area contributed by atoms with E-state index in [1.54, 1.807) is 0 Å². The van der Waals surface area contributed by atoms with E-state index in [0.717, 1.165) is 5.57 Å². The monoisotopic (exact) mass is 194 g/mol. The van der Waals surface area contributed by atoms with Crippen LogP contribution >= 0.6 is 0 Å². The van der Waals surface area contributed by atoms with Gasteiger partial charge in [0.05, 0.1) is 10.8 Å². The maximum atomic E-state index is 11.6. The lowest BCUT2D eigenvalue weighted by atomic mass is 9.60. The Balaban J connectivity index is 2.53. The molecule has 1 saturated heterocycles. The van der Waals surface area contributed by atoms with E-state index in [2.05, 4.69) is 0 Å². The highest BCUT2D eigenvalue weighted by atomic mass is 16.6. The number of allylic oxidation sites excluding steroid dienone is 2. The van der Waals surface area contributed by atoms with E-state index in [4.69, 9.17) is 4.74 Å². The molecule has 3 heteroatoms. The highest BCUT2D eigenvalue weighted by Gasteiger charge is 2.63. The third-order valence-corrected chi connectivity index (χ3v) is 3.80. The van der Waals surface area contributed by atoms with Crippen LogP contribution in [0.2, 0.25) is 0 Å². The number of carbonyl (C=O) groups is 2. The van der Waals surface area contributed by atoms with Crippen molar-refractivity contribution in [1.82, 2.24) is 0 Å². The number of esters is 2. The lowest BCUT2D eigenvalue weighted by Crippen LogP contribution is -2.42. The molecule has 1 aliphatic heterocycles. The van der Waals surface area contributed by atoms with Gasteiger partial charge >= 0.3 is 11.9 Å². The fourth-order valence-corrected chi connectivity index (χ4v) is 2.34. The smallest absolute Gasteiger partial charge is 0.320 e. The summed E-state index contributed by atoms with van der Waals surface area (Å²) in [6, 6.07) is 0. The Morgan fingerprint density at radius 3 is 2.43 bits per heavy atom. The van der Waals surface area contributed by atoms with Gasteiger partial charge in [-0.15, -0.1) is 0 Å². The van der Waals surface area contributed by atoms with E-state index >= 15 is 0 Å². The minimum atomic E-state index is -0.650. The first-order valence-corrected chi connectivity index (χ1v) is 4.82. The first-order valence-electron chi connectivity index (χ1n) is 4.82. The van der Waals surface area contributed by atoms with E-state index < -0.39 is 10.8 Å². The number of hydrogen-bond donors (Lipinski definition) is 0. The number of rotatable bonds is 0. The van der Waals surface area contributed by atoms with Gasteiger partial charge in [-0.25, -0.2) is 0 Å². The number of ether oxygens (including phenoxy) is 1. The molecule has 0 bridgehead atoms. The molecule has 14 heavy (non-hydrogen) atoms. The molecule has 0 spiro atoms.